The third-order valence-electron chi connectivity index (χ3n) is 5.87. The molecule has 0 spiro atoms. The highest BCUT2D eigenvalue weighted by Gasteiger charge is 2.21. The first-order chi connectivity index (χ1) is 13.7. The van der Waals surface area contributed by atoms with Crippen LogP contribution in [0.1, 0.15) is 30.4 Å². The molecule has 2 aliphatic rings. The van der Waals surface area contributed by atoms with Gasteiger partial charge in [0.15, 0.2) is 0 Å². The number of piperazine rings is 1. The molecule has 0 N–H and O–H groups in total. The Hall–Kier alpha value is -2.56. The normalized spacial score (nSPS) is 17.2. The topological polar surface area (TPSA) is 39.7 Å². The van der Waals surface area contributed by atoms with Gasteiger partial charge in [-0.05, 0) is 61.6 Å². The summed E-state index contributed by atoms with van der Waals surface area (Å²) >= 11 is 0. The summed E-state index contributed by atoms with van der Waals surface area (Å²) in [6.07, 6.45) is 5.75. The van der Waals surface area contributed by atoms with Crippen LogP contribution < -0.4 is 9.80 Å². The minimum absolute atomic E-state index is 0.267. The van der Waals surface area contributed by atoms with Crippen molar-refractivity contribution >= 4 is 17.4 Å². The van der Waals surface area contributed by atoms with Gasteiger partial charge in [0, 0.05) is 57.6 Å². The number of hydrogen-bond donors (Lipinski definition) is 0. The van der Waals surface area contributed by atoms with Gasteiger partial charge in [-0.3, -0.25) is 4.79 Å². The molecule has 0 unspecified atom stereocenters. The number of hydrogen-bond acceptors (Lipinski definition) is 4. The molecule has 5 nitrogen and oxygen atoms in total. The number of anilines is 2. The molecule has 2 fully saturated rings. The van der Waals surface area contributed by atoms with E-state index < -0.39 is 0 Å². The summed E-state index contributed by atoms with van der Waals surface area (Å²) < 4.78 is 0. The zero-order valence-electron chi connectivity index (χ0n) is 16.8. The van der Waals surface area contributed by atoms with Crippen molar-refractivity contribution in [2.24, 2.45) is 0 Å². The van der Waals surface area contributed by atoms with Crippen molar-refractivity contribution in [3.63, 3.8) is 0 Å². The number of benzene rings is 1. The van der Waals surface area contributed by atoms with Gasteiger partial charge in [0.2, 0.25) is 5.91 Å². The van der Waals surface area contributed by atoms with Crippen LogP contribution >= 0.6 is 0 Å². The Balaban J connectivity index is 1.27. The van der Waals surface area contributed by atoms with Crippen molar-refractivity contribution in [3.05, 3.63) is 53.7 Å². The number of rotatable bonds is 5. The van der Waals surface area contributed by atoms with Gasteiger partial charge >= 0.3 is 0 Å². The largest absolute Gasteiger partial charge is 0.368 e. The van der Waals surface area contributed by atoms with E-state index in [1.807, 2.05) is 17.2 Å². The predicted molar refractivity (Wildman–Crippen MR) is 114 cm³/mol. The predicted octanol–water partition coefficient (Wildman–Crippen LogP) is 3.27. The highest BCUT2D eigenvalue weighted by molar-refractivity contribution is 5.77. The van der Waals surface area contributed by atoms with Gasteiger partial charge in [-0.15, -0.1) is 0 Å². The van der Waals surface area contributed by atoms with Crippen LogP contribution in [0.5, 0.6) is 0 Å². The third-order valence-corrected chi connectivity index (χ3v) is 5.87. The van der Waals surface area contributed by atoms with Gasteiger partial charge in [0.25, 0.3) is 0 Å². The van der Waals surface area contributed by atoms with Crippen molar-refractivity contribution in [2.75, 3.05) is 49.1 Å². The van der Waals surface area contributed by atoms with E-state index in [9.17, 15) is 4.79 Å². The molecule has 2 saturated heterocycles. The Morgan fingerprint density at radius 3 is 2.50 bits per heavy atom. The van der Waals surface area contributed by atoms with Crippen LogP contribution in [0, 0.1) is 6.92 Å². The first-order valence-electron chi connectivity index (χ1n) is 10.5. The van der Waals surface area contributed by atoms with E-state index in [2.05, 4.69) is 52.0 Å². The molecule has 2 aromatic rings. The molecule has 148 valence electrons. The van der Waals surface area contributed by atoms with E-state index in [0.29, 0.717) is 6.42 Å². The molecule has 0 aliphatic carbocycles. The standard InChI is InChI=1S/C23H30N4O/c1-19-5-4-6-21(17-19)25-13-15-27(16-14-25)23(28)8-7-20-9-10-24-22(18-20)26-11-2-3-12-26/h4-6,9-10,17-18H,2-3,7-8,11-16H2,1H3. The maximum Gasteiger partial charge on any atom is 0.223 e. The molecule has 3 heterocycles. The van der Waals surface area contributed by atoms with Crippen LogP contribution in [0.25, 0.3) is 0 Å². The van der Waals surface area contributed by atoms with E-state index in [1.165, 1.54) is 29.7 Å². The average Bonchev–Trinajstić information content (AvgIpc) is 3.27. The fourth-order valence-electron chi connectivity index (χ4n) is 4.18. The molecular weight excluding hydrogens is 348 g/mol. The second kappa shape index (κ2) is 8.63. The highest BCUT2D eigenvalue weighted by Crippen LogP contribution is 2.20. The van der Waals surface area contributed by atoms with Crippen LogP contribution in [0.3, 0.4) is 0 Å². The van der Waals surface area contributed by atoms with Crippen LogP contribution in [0.4, 0.5) is 11.5 Å². The van der Waals surface area contributed by atoms with Gasteiger partial charge in [-0.25, -0.2) is 4.98 Å². The fourth-order valence-corrected chi connectivity index (χ4v) is 4.18. The van der Waals surface area contributed by atoms with Crippen molar-refractivity contribution in [2.45, 2.75) is 32.6 Å². The van der Waals surface area contributed by atoms with Crippen molar-refractivity contribution in [1.29, 1.82) is 0 Å². The molecule has 0 radical (unpaired) electrons. The average molecular weight is 379 g/mol. The Morgan fingerprint density at radius 1 is 0.964 bits per heavy atom. The summed E-state index contributed by atoms with van der Waals surface area (Å²) in [6, 6.07) is 12.8. The zero-order valence-corrected chi connectivity index (χ0v) is 16.8. The molecule has 4 rings (SSSR count). The van der Waals surface area contributed by atoms with E-state index >= 15 is 0 Å². The monoisotopic (exact) mass is 378 g/mol. The summed E-state index contributed by atoms with van der Waals surface area (Å²) in [6.45, 7) is 7.75. The number of amides is 1. The van der Waals surface area contributed by atoms with Gasteiger partial charge in [0.05, 0.1) is 0 Å². The molecule has 28 heavy (non-hydrogen) atoms. The first kappa shape index (κ1) is 18.8. The maximum atomic E-state index is 12.7. The lowest BCUT2D eigenvalue weighted by Gasteiger charge is -2.36. The first-order valence-corrected chi connectivity index (χ1v) is 10.5. The second-order valence-electron chi connectivity index (χ2n) is 7.92. The number of carbonyl (C=O) groups excluding carboxylic acids is 1. The van der Waals surface area contributed by atoms with Gasteiger partial charge < -0.3 is 14.7 Å². The SMILES string of the molecule is Cc1cccc(N2CCN(C(=O)CCc3ccnc(N4CCCC4)c3)CC2)c1. The quantitative estimate of drug-likeness (QED) is 0.801. The molecule has 0 bridgehead atoms. The molecule has 0 saturated carbocycles. The van der Waals surface area contributed by atoms with Gasteiger partial charge in [0.1, 0.15) is 5.82 Å². The van der Waals surface area contributed by atoms with E-state index in [1.54, 1.807) is 0 Å². The van der Waals surface area contributed by atoms with Crippen molar-refractivity contribution in [1.82, 2.24) is 9.88 Å². The van der Waals surface area contributed by atoms with Crippen LogP contribution in [-0.4, -0.2) is 55.1 Å². The smallest absolute Gasteiger partial charge is 0.223 e. The Morgan fingerprint density at radius 2 is 1.75 bits per heavy atom. The fraction of sp³-hybridized carbons (Fsp3) is 0.478. The molecule has 5 heteroatoms. The Bertz CT molecular complexity index is 808. The number of aromatic nitrogens is 1. The lowest BCUT2D eigenvalue weighted by atomic mass is 10.1. The summed E-state index contributed by atoms with van der Waals surface area (Å²) in [5.41, 5.74) is 3.75. The Labute approximate surface area is 168 Å². The number of carbonyl (C=O) groups is 1. The minimum Gasteiger partial charge on any atom is -0.368 e. The summed E-state index contributed by atoms with van der Waals surface area (Å²) in [5.74, 6) is 1.33. The molecular formula is C23H30N4O. The van der Waals surface area contributed by atoms with E-state index in [0.717, 1.165) is 51.5 Å². The van der Waals surface area contributed by atoms with Crippen LogP contribution in [0.2, 0.25) is 0 Å². The number of aryl methyl sites for hydroxylation is 2. The summed E-state index contributed by atoms with van der Waals surface area (Å²) in [4.78, 5) is 23.9. The number of nitrogens with zero attached hydrogens (tertiary/aromatic N) is 4. The van der Waals surface area contributed by atoms with Crippen molar-refractivity contribution < 1.29 is 4.79 Å². The van der Waals surface area contributed by atoms with Gasteiger partial charge in [-0.1, -0.05) is 12.1 Å². The lowest BCUT2D eigenvalue weighted by Crippen LogP contribution is -2.48. The summed E-state index contributed by atoms with van der Waals surface area (Å²) in [5, 5.41) is 0. The van der Waals surface area contributed by atoms with Crippen LogP contribution in [0.15, 0.2) is 42.6 Å². The molecule has 1 aromatic carbocycles. The van der Waals surface area contributed by atoms with Crippen LogP contribution in [-0.2, 0) is 11.2 Å². The second-order valence-corrected chi connectivity index (χ2v) is 7.92. The zero-order chi connectivity index (χ0) is 19.3. The van der Waals surface area contributed by atoms with Crippen molar-refractivity contribution in [3.8, 4) is 0 Å². The van der Waals surface area contributed by atoms with E-state index in [4.69, 9.17) is 0 Å². The van der Waals surface area contributed by atoms with Gasteiger partial charge in [-0.2, -0.15) is 0 Å². The minimum atomic E-state index is 0.267. The van der Waals surface area contributed by atoms with E-state index in [-0.39, 0.29) is 5.91 Å². The lowest BCUT2D eigenvalue weighted by molar-refractivity contribution is -0.131. The number of pyridine rings is 1. The molecule has 0 atom stereocenters. The Kier molecular flexibility index (Phi) is 5.79. The summed E-state index contributed by atoms with van der Waals surface area (Å²) in [7, 11) is 0. The molecule has 1 aromatic heterocycles. The molecule has 2 aliphatic heterocycles. The maximum absolute atomic E-state index is 12.7. The highest BCUT2D eigenvalue weighted by atomic mass is 16.2. The third kappa shape index (κ3) is 4.46. The molecule has 1 amide bonds.